The largest absolute Gasteiger partial charge is 0.477 e. The number of ether oxygens (including phenoxy) is 1. The van der Waals surface area contributed by atoms with Crippen molar-refractivity contribution in [2.24, 2.45) is 0 Å². The fourth-order valence-corrected chi connectivity index (χ4v) is 1.93. The number of halogens is 1. The van der Waals surface area contributed by atoms with Crippen LogP contribution >= 0.6 is 0 Å². The molecule has 1 fully saturated rings. The summed E-state index contributed by atoms with van der Waals surface area (Å²) >= 11 is 0. The number of nitrogens with zero attached hydrogens (tertiary/aromatic N) is 1. The van der Waals surface area contributed by atoms with Crippen molar-refractivity contribution in [2.75, 3.05) is 13.6 Å². The highest BCUT2D eigenvalue weighted by Crippen LogP contribution is 2.25. The van der Waals surface area contributed by atoms with Crippen LogP contribution in [0.4, 0.5) is 4.39 Å². The van der Waals surface area contributed by atoms with Crippen molar-refractivity contribution < 1.29 is 19.0 Å². The molecule has 0 spiro atoms. The monoisotopic (exact) mass is 253 g/mol. The Morgan fingerprint density at radius 3 is 2.78 bits per heavy atom. The Hall–Kier alpha value is -1.62. The fourth-order valence-electron chi connectivity index (χ4n) is 1.93. The quantitative estimate of drug-likeness (QED) is 0.887. The molecule has 1 saturated heterocycles. The first-order chi connectivity index (χ1) is 8.49. The van der Waals surface area contributed by atoms with Crippen molar-refractivity contribution in [3.05, 3.63) is 29.6 Å². The molecule has 1 N–H and O–H groups in total. The second-order valence-electron chi connectivity index (χ2n) is 4.52. The van der Waals surface area contributed by atoms with Crippen LogP contribution in [-0.2, 0) is 4.79 Å². The normalized spacial score (nSPS) is 21.2. The fraction of sp³-hybridized carbons (Fsp3) is 0.462. The van der Waals surface area contributed by atoms with Crippen LogP contribution in [0, 0.1) is 5.82 Å². The predicted molar refractivity (Wildman–Crippen MR) is 63.7 cm³/mol. The van der Waals surface area contributed by atoms with Gasteiger partial charge in [0.25, 0.3) is 5.91 Å². The average molecular weight is 253 g/mol. The lowest BCUT2D eigenvalue weighted by Gasteiger charge is -2.14. The van der Waals surface area contributed by atoms with Crippen LogP contribution in [0.25, 0.3) is 0 Å². The number of aliphatic hydroxyl groups is 1. The Kier molecular flexibility index (Phi) is 3.52. The van der Waals surface area contributed by atoms with E-state index in [1.807, 2.05) is 0 Å². The first-order valence-electron chi connectivity index (χ1n) is 5.88. The molecule has 0 aliphatic carbocycles. The lowest BCUT2D eigenvalue weighted by atomic mass is 10.1. The highest BCUT2D eigenvalue weighted by molar-refractivity contribution is 5.83. The van der Waals surface area contributed by atoms with E-state index in [2.05, 4.69) is 0 Å². The molecule has 1 unspecified atom stereocenters. The van der Waals surface area contributed by atoms with Crippen molar-refractivity contribution in [3.8, 4) is 5.75 Å². The van der Waals surface area contributed by atoms with Gasteiger partial charge in [-0.1, -0.05) is 6.07 Å². The molecular weight excluding hydrogens is 237 g/mol. The molecule has 4 nitrogen and oxygen atoms in total. The van der Waals surface area contributed by atoms with E-state index in [1.54, 1.807) is 24.9 Å². The number of hydrogen-bond donors (Lipinski definition) is 1. The van der Waals surface area contributed by atoms with E-state index < -0.39 is 18.0 Å². The topological polar surface area (TPSA) is 49.8 Å². The van der Waals surface area contributed by atoms with Gasteiger partial charge in [0.2, 0.25) is 0 Å². The number of likely N-dealkylation sites (tertiary alicyclic amines) is 1. The molecule has 1 aliphatic heterocycles. The minimum absolute atomic E-state index is 0.0491. The molecule has 1 heterocycles. The van der Waals surface area contributed by atoms with Crippen molar-refractivity contribution in [1.29, 1.82) is 0 Å². The van der Waals surface area contributed by atoms with Gasteiger partial charge in [0.15, 0.2) is 17.7 Å². The first kappa shape index (κ1) is 12.8. The van der Waals surface area contributed by atoms with E-state index in [0.29, 0.717) is 18.5 Å². The lowest BCUT2D eigenvalue weighted by Crippen LogP contribution is -2.29. The zero-order chi connectivity index (χ0) is 13.3. The van der Waals surface area contributed by atoms with E-state index >= 15 is 0 Å². The number of aliphatic hydroxyl groups excluding tert-OH is 1. The number of rotatable bonds is 3. The smallest absolute Gasteiger partial charge is 0.263 e. The second kappa shape index (κ2) is 4.94. The summed E-state index contributed by atoms with van der Waals surface area (Å²) in [6.07, 6.45) is -0.776. The molecule has 0 bridgehead atoms. The number of carbonyl (C=O) groups excluding carboxylic acids is 1. The number of benzene rings is 1. The third-order valence-electron chi connectivity index (χ3n) is 3.09. The summed E-state index contributed by atoms with van der Waals surface area (Å²) in [4.78, 5) is 13.2. The Bertz CT molecular complexity index is 462. The SMILES string of the molecule is C[C@@H](O)c1ccc(OC2CCN(C)C2=O)c(F)c1. The van der Waals surface area contributed by atoms with Crippen LogP contribution < -0.4 is 4.74 Å². The van der Waals surface area contributed by atoms with Gasteiger partial charge in [0, 0.05) is 20.0 Å². The molecule has 1 aromatic carbocycles. The van der Waals surface area contributed by atoms with Gasteiger partial charge in [0.05, 0.1) is 6.10 Å². The number of likely N-dealkylation sites (N-methyl/N-ethyl adjacent to an activating group) is 1. The van der Waals surface area contributed by atoms with E-state index in [1.165, 1.54) is 12.1 Å². The number of hydrogen-bond acceptors (Lipinski definition) is 3. The molecule has 0 saturated carbocycles. The Morgan fingerprint density at radius 1 is 1.56 bits per heavy atom. The molecule has 2 atom stereocenters. The minimum atomic E-state index is -0.729. The van der Waals surface area contributed by atoms with Crippen LogP contribution in [-0.4, -0.2) is 35.6 Å². The molecule has 2 rings (SSSR count). The predicted octanol–water partition coefficient (Wildman–Crippen LogP) is 1.49. The number of amides is 1. The van der Waals surface area contributed by atoms with Gasteiger partial charge in [-0.05, 0) is 24.6 Å². The van der Waals surface area contributed by atoms with Crippen LogP contribution in [0.3, 0.4) is 0 Å². The van der Waals surface area contributed by atoms with Crippen molar-refractivity contribution in [2.45, 2.75) is 25.6 Å². The minimum Gasteiger partial charge on any atom is -0.477 e. The molecular formula is C13H16FNO3. The van der Waals surface area contributed by atoms with Crippen molar-refractivity contribution >= 4 is 5.91 Å². The summed E-state index contributed by atoms with van der Waals surface area (Å²) in [5.74, 6) is -0.641. The summed E-state index contributed by atoms with van der Waals surface area (Å²) in [6, 6.07) is 4.26. The third kappa shape index (κ3) is 2.46. The van der Waals surface area contributed by atoms with Gasteiger partial charge in [-0.2, -0.15) is 0 Å². The Balaban J connectivity index is 2.13. The lowest BCUT2D eigenvalue weighted by molar-refractivity contribution is -0.132. The molecule has 18 heavy (non-hydrogen) atoms. The maximum Gasteiger partial charge on any atom is 0.263 e. The highest BCUT2D eigenvalue weighted by Gasteiger charge is 2.31. The molecule has 0 radical (unpaired) electrons. The third-order valence-corrected chi connectivity index (χ3v) is 3.09. The van der Waals surface area contributed by atoms with E-state index in [0.717, 1.165) is 0 Å². The molecule has 0 aromatic heterocycles. The van der Waals surface area contributed by atoms with Gasteiger partial charge in [0.1, 0.15) is 0 Å². The van der Waals surface area contributed by atoms with E-state index in [4.69, 9.17) is 4.74 Å². The van der Waals surface area contributed by atoms with Crippen LogP contribution in [0.2, 0.25) is 0 Å². The zero-order valence-electron chi connectivity index (χ0n) is 10.4. The summed E-state index contributed by atoms with van der Waals surface area (Å²) in [7, 11) is 1.69. The van der Waals surface area contributed by atoms with Crippen molar-refractivity contribution in [1.82, 2.24) is 4.90 Å². The summed E-state index contributed by atoms with van der Waals surface area (Å²) in [5, 5.41) is 9.33. The second-order valence-corrected chi connectivity index (χ2v) is 4.52. The van der Waals surface area contributed by atoms with Crippen molar-refractivity contribution in [3.63, 3.8) is 0 Å². The Morgan fingerprint density at radius 2 is 2.28 bits per heavy atom. The molecule has 98 valence electrons. The summed E-state index contributed by atoms with van der Waals surface area (Å²) in [6.45, 7) is 2.18. The molecule has 1 amide bonds. The summed E-state index contributed by atoms with van der Waals surface area (Å²) in [5.41, 5.74) is 0.481. The molecule has 5 heteroatoms. The van der Waals surface area contributed by atoms with E-state index in [9.17, 15) is 14.3 Å². The van der Waals surface area contributed by atoms with Gasteiger partial charge >= 0.3 is 0 Å². The van der Waals surface area contributed by atoms with Gasteiger partial charge in [-0.3, -0.25) is 4.79 Å². The van der Waals surface area contributed by atoms with Crippen LogP contribution in [0.5, 0.6) is 5.75 Å². The van der Waals surface area contributed by atoms with Gasteiger partial charge in [-0.15, -0.1) is 0 Å². The molecule has 1 aliphatic rings. The highest BCUT2D eigenvalue weighted by atomic mass is 19.1. The van der Waals surface area contributed by atoms with Crippen LogP contribution in [0.1, 0.15) is 25.0 Å². The zero-order valence-corrected chi connectivity index (χ0v) is 10.4. The Labute approximate surface area is 105 Å². The standard InChI is InChI=1S/C13H16FNO3/c1-8(16)9-3-4-11(10(14)7-9)18-12-5-6-15(2)13(12)17/h3-4,7-8,12,16H,5-6H2,1-2H3/t8-,12?/m1/s1. The maximum atomic E-state index is 13.7. The number of carbonyl (C=O) groups is 1. The summed E-state index contributed by atoms with van der Waals surface area (Å²) < 4.78 is 19.1. The maximum absolute atomic E-state index is 13.7. The average Bonchev–Trinajstić information content (AvgIpc) is 2.63. The van der Waals surface area contributed by atoms with Gasteiger partial charge < -0.3 is 14.7 Å². The van der Waals surface area contributed by atoms with Crippen LogP contribution in [0.15, 0.2) is 18.2 Å². The first-order valence-corrected chi connectivity index (χ1v) is 5.88. The van der Waals surface area contributed by atoms with Gasteiger partial charge in [-0.25, -0.2) is 4.39 Å². The molecule has 1 aromatic rings. The van der Waals surface area contributed by atoms with E-state index in [-0.39, 0.29) is 11.7 Å².